The Kier molecular flexibility index (Phi) is 4.23. The molecule has 1 saturated carbocycles. The monoisotopic (exact) mass is 394 g/mol. The van der Waals surface area contributed by atoms with Gasteiger partial charge in [0.15, 0.2) is 11.5 Å². The molecule has 2 aromatic heterocycles. The van der Waals surface area contributed by atoms with Gasteiger partial charge in [0.25, 0.3) is 0 Å². The molecule has 0 saturated heterocycles. The quantitative estimate of drug-likeness (QED) is 0.309. The highest BCUT2D eigenvalue weighted by Crippen LogP contribution is 2.33. The standard InChI is InChI=1S/C18H19BN6O4/c1-24(22-7-10-2-3-14-11(4-10)8-29-19(14)28)16-15-17(21-9-20-16)25(18(27)23-15)12-5-13(26)6-12/h2-4,7,9,12-13,26,28H,5-6,8H2,1H3,(H,23,27)/b22-7+. The average molecular weight is 394 g/mol. The van der Waals surface area contributed by atoms with Gasteiger partial charge in [-0.05, 0) is 35.5 Å². The summed E-state index contributed by atoms with van der Waals surface area (Å²) in [6.07, 6.45) is 3.78. The number of hydrazone groups is 1. The van der Waals surface area contributed by atoms with Gasteiger partial charge in [0, 0.05) is 13.1 Å². The second-order valence-corrected chi connectivity index (χ2v) is 7.36. The molecule has 10 nitrogen and oxygen atoms in total. The van der Waals surface area contributed by atoms with Crippen LogP contribution in [0.1, 0.15) is 30.0 Å². The van der Waals surface area contributed by atoms with E-state index in [-0.39, 0.29) is 17.8 Å². The van der Waals surface area contributed by atoms with Crippen molar-refractivity contribution in [2.24, 2.45) is 5.10 Å². The lowest BCUT2D eigenvalue weighted by atomic mass is 9.79. The van der Waals surface area contributed by atoms with Crippen LogP contribution in [0.15, 0.2) is 34.4 Å². The van der Waals surface area contributed by atoms with Crippen molar-refractivity contribution in [2.75, 3.05) is 12.1 Å². The van der Waals surface area contributed by atoms with E-state index in [0.717, 1.165) is 16.6 Å². The molecule has 11 heteroatoms. The number of imidazole rings is 1. The minimum atomic E-state index is -0.870. The number of aliphatic hydroxyl groups excluding tert-OH is 1. The number of hydrogen-bond donors (Lipinski definition) is 3. The van der Waals surface area contributed by atoms with E-state index in [9.17, 15) is 14.9 Å². The molecule has 29 heavy (non-hydrogen) atoms. The predicted octanol–water partition coefficient (Wildman–Crippen LogP) is -0.497. The first-order chi connectivity index (χ1) is 14.0. The molecule has 1 fully saturated rings. The molecule has 5 rings (SSSR count). The first-order valence-corrected chi connectivity index (χ1v) is 9.34. The van der Waals surface area contributed by atoms with Gasteiger partial charge in [-0.25, -0.2) is 19.8 Å². The average Bonchev–Trinajstić information content (AvgIpc) is 3.22. The number of aromatic nitrogens is 4. The molecular formula is C18H19BN6O4. The van der Waals surface area contributed by atoms with Gasteiger partial charge in [0.2, 0.25) is 0 Å². The summed E-state index contributed by atoms with van der Waals surface area (Å²) in [5.74, 6) is 0.474. The van der Waals surface area contributed by atoms with Crippen LogP contribution in [0.2, 0.25) is 0 Å². The first-order valence-electron chi connectivity index (χ1n) is 9.34. The molecule has 0 unspecified atom stereocenters. The third kappa shape index (κ3) is 3.03. The molecular weight excluding hydrogens is 375 g/mol. The molecule has 1 aliphatic carbocycles. The van der Waals surface area contributed by atoms with Crippen molar-refractivity contribution in [2.45, 2.75) is 31.6 Å². The second-order valence-electron chi connectivity index (χ2n) is 7.36. The Hall–Kier alpha value is -3.02. The van der Waals surface area contributed by atoms with Gasteiger partial charge in [0.1, 0.15) is 11.8 Å². The van der Waals surface area contributed by atoms with Crippen LogP contribution in [0.25, 0.3) is 11.2 Å². The Labute approximate surface area is 165 Å². The Morgan fingerprint density at radius 2 is 2.24 bits per heavy atom. The maximum Gasteiger partial charge on any atom is 0.491 e. The van der Waals surface area contributed by atoms with E-state index >= 15 is 0 Å². The fourth-order valence-corrected chi connectivity index (χ4v) is 3.82. The highest BCUT2D eigenvalue weighted by molar-refractivity contribution is 6.61. The highest BCUT2D eigenvalue weighted by atomic mass is 16.5. The zero-order chi connectivity index (χ0) is 20.1. The highest BCUT2D eigenvalue weighted by Gasteiger charge is 2.32. The number of hydrogen-bond acceptors (Lipinski definition) is 8. The van der Waals surface area contributed by atoms with Crippen molar-refractivity contribution in [3.8, 4) is 0 Å². The van der Waals surface area contributed by atoms with Crippen molar-refractivity contribution < 1.29 is 14.8 Å². The van der Waals surface area contributed by atoms with E-state index < -0.39 is 7.12 Å². The third-order valence-corrected chi connectivity index (χ3v) is 5.46. The number of H-pyrrole nitrogens is 1. The van der Waals surface area contributed by atoms with Gasteiger partial charge in [-0.15, -0.1) is 0 Å². The summed E-state index contributed by atoms with van der Waals surface area (Å²) in [7, 11) is 0.868. The minimum absolute atomic E-state index is 0.0632. The number of anilines is 1. The van der Waals surface area contributed by atoms with Crippen molar-refractivity contribution >= 4 is 35.8 Å². The molecule has 0 amide bonds. The summed E-state index contributed by atoms with van der Waals surface area (Å²) in [4.78, 5) is 23.8. The van der Waals surface area contributed by atoms with Gasteiger partial charge >= 0.3 is 12.8 Å². The summed E-state index contributed by atoms with van der Waals surface area (Å²) in [6, 6.07) is 5.52. The Bertz CT molecular complexity index is 1170. The number of rotatable bonds is 4. The molecule has 1 aromatic carbocycles. The van der Waals surface area contributed by atoms with Crippen LogP contribution in [0.5, 0.6) is 0 Å². The van der Waals surface area contributed by atoms with Crippen molar-refractivity contribution in [1.29, 1.82) is 0 Å². The number of aliphatic hydroxyl groups is 1. The summed E-state index contributed by atoms with van der Waals surface area (Å²) >= 11 is 0. The smallest absolute Gasteiger partial charge is 0.423 e. The summed E-state index contributed by atoms with van der Waals surface area (Å²) < 4.78 is 6.79. The Morgan fingerprint density at radius 1 is 1.41 bits per heavy atom. The van der Waals surface area contributed by atoms with Crippen molar-refractivity contribution in [3.63, 3.8) is 0 Å². The van der Waals surface area contributed by atoms with E-state index in [1.54, 1.807) is 22.8 Å². The molecule has 3 aromatic rings. The van der Waals surface area contributed by atoms with Gasteiger partial charge in [0.05, 0.1) is 18.9 Å². The van der Waals surface area contributed by atoms with E-state index in [4.69, 9.17) is 4.65 Å². The lowest BCUT2D eigenvalue weighted by Crippen LogP contribution is -2.35. The number of benzene rings is 1. The number of fused-ring (bicyclic) bond motifs is 2. The molecule has 3 N–H and O–H groups in total. The largest absolute Gasteiger partial charge is 0.491 e. The van der Waals surface area contributed by atoms with E-state index in [0.29, 0.717) is 36.4 Å². The van der Waals surface area contributed by atoms with Crippen molar-refractivity contribution in [3.05, 3.63) is 46.1 Å². The zero-order valence-electron chi connectivity index (χ0n) is 15.7. The van der Waals surface area contributed by atoms with Crippen molar-refractivity contribution in [1.82, 2.24) is 19.5 Å². The van der Waals surface area contributed by atoms with Crippen LogP contribution < -0.4 is 16.2 Å². The van der Waals surface area contributed by atoms with E-state index in [1.165, 1.54) is 6.33 Å². The zero-order valence-corrected chi connectivity index (χ0v) is 15.7. The summed E-state index contributed by atoms with van der Waals surface area (Å²) in [5, 5.41) is 25.3. The predicted molar refractivity (Wildman–Crippen MR) is 107 cm³/mol. The van der Waals surface area contributed by atoms with Crippen LogP contribution in [0.4, 0.5) is 5.82 Å². The molecule has 1 aliphatic heterocycles. The lowest BCUT2D eigenvalue weighted by molar-refractivity contribution is 0.0487. The van der Waals surface area contributed by atoms with Gasteiger partial charge in [-0.2, -0.15) is 5.10 Å². The third-order valence-electron chi connectivity index (χ3n) is 5.46. The van der Waals surface area contributed by atoms with E-state index in [1.807, 2.05) is 18.2 Å². The number of aromatic amines is 1. The molecule has 148 valence electrons. The van der Waals surface area contributed by atoms with Crippen LogP contribution in [-0.4, -0.2) is 56.1 Å². The number of nitrogens with one attached hydrogen (secondary N) is 1. The maximum absolute atomic E-state index is 12.4. The maximum atomic E-state index is 12.4. The van der Waals surface area contributed by atoms with Crippen LogP contribution >= 0.6 is 0 Å². The lowest BCUT2D eigenvalue weighted by Gasteiger charge is -2.31. The molecule has 2 aliphatic rings. The minimum Gasteiger partial charge on any atom is -0.423 e. The molecule has 0 spiro atoms. The topological polar surface area (TPSA) is 129 Å². The molecule has 0 bridgehead atoms. The second kappa shape index (κ2) is 6.80. The van der Waals surface area contributed by atoms with Gasteiger partial charge in [-0.1, -0.05) is 12.1 Å². The van der Waals surface area contributed by atoms with Crippen LogP contribution in [-0.2, 0) is 11.3 Å². The summed E-state index contributed by atoms with van der Waals surface area (Å²) in [5.41, 5.74) is 3.29. The van der Waals surface area contributed by atoms with Gasteiger partial charge < -0.3 is 19.8 Å². The first kappa shape index (κ1) is 18.0. The SMILES string of the molecule is CN(/N=C/c1ccc2c(c1)COB2O)c1ncnc2c1[nH]c(=O)n2C1CC(O)C1. The van der Waals surface area contributed by atoms with Crippen LogP contribution in [0.3, 0.4) is 0 Å². The fraction of sp³-hybridized carbons (Fsp3) is 0.333. The molecule has 0 atom stereocenters. The van der Waals surface area contributed by atoms with Gasteiger partial charge in [-0.3, -0.25) is 4.57 Å². The Morgan fingerprint density at radius 3 is 3.03 bits per heavy atom. The summed E-state index contributed by atoms with van der Waals surface area (Å²) in [6.45, 7) is 0.366. The molecule has 3 heterocycles. The van der Waals surface area contributed by atoms with E-state index in [2.05, 4.69) is 20.1 Å². The Balaban J connectivity index is 1.44. The number of nitrogens with zero attached hydrogens (tertiary/aromatic N) is 5. The van der Waals surface area contributed by atoms with Crippen LogP contribution in [0, 0.1) is 0 Å². The fourth-order valence-electron chi connectivity index (χ4n) is 3.82. The normalized spacial score (nSPS) is 21.0. The molecule has 0 radical (unpaired) electrons.